The van der Waals surface area contributed by atoms with Crippen LogP contribution in [0.15, 0.2) is 60.1 Å². The van der Waals surface area contributed by atoms with Gasteiger partial charge in [0.05, 0.1) is 24.4 Å². The third kappa shape index (κ3) is 4.20. The number of fused-ring (bicyclic) bond motifs is 1. The Kier molecular flexibility index (Phi) is 6.06. The van der Waals surface area contributed by atoms with Crippen LogP contribution in [-0.2, 0) is 11.3 Å². The lowest BCUT2D eigenvalue weighted by Gasteiger charge is -2.07. The molecule has 1 aromatic heterocycles. The molecule has 3 rings (SSSR count). The average Bonchev–Trinajstić information content (AvgIpc) is 3.02. The standard InChI is InChI=1S/C21H19FN2O3S/c1-4-11-24-16-8-7-15(22)13-19(16)28-21(24)23-20(25)10-6-14-5-9-17(26-2)18(12-14)27-3/h4-10,12-13H,1,11H2,2-3H3. The lowest BCUT2D eigenvalue weighted by Crippen LogP contribution is -2.15. The Morgan fingerprint density at radius 2 is 2.00 bits per heavy atom. The van der Waals surface area contributed by atoms with E-state index in [1.165, 1.54) is 29.5 Å². The second-order valence-corrected chi connectivity index (χ2v) is 6.80. The lowest BCUT2D eigenvalue weighted by molar-refractivity contribution is -0.113. The summed E-state index contributed by atoms with van der Waals surface area (Å²) in [6, 6.07) is 9.83. The van der Waals surface area contributed by atoms with Gasteiger partial charge in [-0.2, -0.15) is 4.99 Å². The van der Waals surface area contributed by atoms with E-state index in [9.17, 15) is 9.18 Å². The molecule has 0 atom stereocenters. The van der Waals surface area contributed by atoms with Gasteiger partial charge >= 0.3 is 0 Å². The smallest absolute Gasteiger partial charge is 0.272 e. The summed E-state index contributed by atoms with van der Waals surface area (Å²) in [7, 11) is 3.11. The Labute approximate surface area is 165 Å². The van der Waals surface area contributed by atoms with Gasteiger partial charge in [0.2, 0.25) is 0 Å². The first-order valence-corrected chi connectivity index (χ1v) is 9.26. The average molecular weight is 398 g/mol. The molecule has 0 saturated carbocycles. The summed E-state index contributed by atoms with van der Waals surface area (Å²) in [5.41, 5.74) is 1.58. The fraction of sp³-hybridized carbons (Fsp3) is 0.143. The van der Waals surface area contributed by atoms with Crippen LogP contribution in [0, 0.1) is 5.82 Å². The summed E-state index contributed by atoms with van der Waals surface area (Å²) < 4.78 is 26.5. The van der Waals surface area contributed by atoms with Gasteiger partial charge in [-0.25, -0.2) is 4.39 Å². The van der Waals surface area contributed by atoms with Crippen molar-refractivity contribution in [2.75, 3.05) is 14.2 Å². The number of methoxy groups -OCH3 is 2. The highest BCUT2D eigenvalue weighted by molar-refractivity contribution is 7.16. The van der Waals surface area contributed by atoms with Crippen LogP contribution < -0.4 is 14.3 Å². The molecule has 0 fully saturated rings. The van der Waals surface area contributed by atoms with E-state index in [1.807, 2.05) is 10.6 Å². The van der Waals surface area contributed by atoms with E-state index in [2.05, 4.69) is 11.6 Å². The Bertz CT molecular complexity index is 1130. The van der Waals surface area contributed by atoms with E-state index in [0.29, 0.717) is 22.8 Å². The van der Waals surface area contributed by atoms with Gasteiger partial charge in [0.15, 0.2) is 16.3 Å². The largest absolute Gasteiger partial charge is 0.493 e. The van der Waals surface area contributed by atoms with Crippen molar-refractivity contribution in [2.45, 2.75) is 6.54 Å². The van der Waals surface area contributed by atoms with Gasteiger partial charge in [0.25, 0.3) is 5.91 Å². The first-order valence-electron chi connectivity index (χ1n) is 8.44. The SMILES string of the molecule is C=CCn1c(=NC(=O)C=Cc2ccc(OC)c(OC)c2)sc2cc(F)ccc21. The molecule has 0 unspecified atom stereocenters. The molecule has 2 aromatic carbocycles. The predicted octanol–water partition coefficient (Wildman–Crippen LogP) is 4.19. The number of thiazole rings is 1. The summed E-state index contributed by atoms with van der Waals surface area (Å²) in [4.78, 5) is 17.0. The molecule has 3 aromatic rings. The molecule has 0 N–H and O–H groups in total. The molecule has 1 amide bonds. The van der Waals surface area contributed by atoms with Crippen LogP contribution >= 0.6 is 11.3 Å². The summed E-state index contributed by atoms with van der Waals surface area (Å²) >= 11 is 1.26. The van der Waals surface area contributed by atoms with E-state index in [-0.39, 0.29) is 5.82 Å². The maximum Gasteiger partial charge on any atom is 0.272 e. The van der Waals surface area contributed by atoms with Gasteiger partial charge in [-0.3, -0.25) is 4.79 Å². The van der Waals surface area contributed by atoms with Gasteiger partial charge in [-0.05, 0) is 42.0 Å². The normalized spacial score (nSPS) is 11.9. The maximum absolute atomic E-state index is 13.5. The third-order valence-electron chi connectivity index (χ3n) is 3.99. The summed E-state index contributed by atoms with van der Waals surface area (Å²) in [5, 5.41) is 0. The second-order valence-electron chi connectivity index (χ2n) is 5.79. The van der Waals surface area contributed by atoms with E-state index in [1.54, 1.807) is 44.6 Å². The minimum Gasteiger partial charge on any atom is -0.493 e. The molecule has 0 aliphatic rings. The fourth-order valence-corrected chi connectivity index (χ4v) is 3.76. The monoisotopic (exact) mass is 398 g/mol. The first-order chi connectivity index (χ1) is 13.5. The zero-order valence-corrected chi connectivity index (χ0v) is 16.3. The van der Waals surface area contributed by atoms with Crippen LogP contribution in [0.4, 0.5) is 4.39 Å². The van der Waals surface area contributed by atoms with Crippen LogP contribution in [0.25, 0.3) is 16.3 Å². The predicted molar refractivity (Wildman–Crippen MR) is 109 cm³/mol. The van der Waals surface area contributed by atoms with Crippen molar-refractivity contribution in [1.82, 2.24) is 4.57 Å². The van der Waals surface area contributed by atoms with E-state index < -0.39 is 5.91 Å². The molecular formula is C21H19FN2O3S. The number of nitrogens with zero attached hydrogens (tertiary/aromatic N) is 2. The summed E-state index contributed by atoms with van der Waals surface area (Å²) in [5.74, 6) is 0.438. The molecule has 0 saturated heterocycles. The highest BCUT2D eigenvalue weighted by Gasteiger charge is 2.07. The zero-order chi connectivity index (χ0) is 20.1. The highest BCUT2D eigenvalue weighted by atomic mass is 32.1. The number of rotatable bonds is 6. The van der Waals surface area contributed by atoms with Crippen LogP contribution in [-0.4, -0.2) is 24.7 Å². The fourth-order valence-electron chi connectivity index (χ4n) is 2.69. The second kappa shape index (κ2) is 8.67. The number of allylic oxidation sites excluding steroid dienone is 1. The number of carbonyl (C=O) groups is 1. The van der Waals surface area contributed by atoms with Crippen LogP contribution in [0.3, 0.4) is 0 Å². The van der Waals surface area contributed by atoms with Gasteiger partial charge in [-0.15, -0.1) is 6.58 Å². The number of carbonyl (C=O) groups excluding carboxylic acids is 1. The van der Waals surface area contributed by atoms with Crippen LogP contribution in [0.2, 0.25) is 0 Å². The van der Waals surface area contributed by atoms with Crippen molar-refractivity contribution < 1.29 is 18.7 Å². The van der Waals surface area contributed by atoms with Gasteiger partial charge in [0.1, 0.15) is 5.82 Å². The number of benzene rings is 2. The van der Waals surface area contributed by atoms with Crippen molar-refractivity contribution in [3.05, 3.63) is 71.3 Å². The minimum atomic E-state index is -0.417. The number of amides is 1. The first kappa shape index (κ1) is 19.6. The molecule has 1 heterocycles. The zero-order valence-electron chi connectivity index (χ0n) is 15.5. The van der Waals surface area contributed by atoms with E-state index in [4.69, 9.17) is 9.47 Å². The van der Waals surface area contributed by atoms with Crippen molar-refractivity contribution in [1.29, 1.82) is 0 Å². The molecule has 0 aliphatic carbocycles. The number of ether oxygens (including phenoxy) is 2. The lowest BCUT2D eigenvalue weighted by atomic mass is 10.2. The molecule has 0 spiro atoms. The Morgan fingerprint density at radius 3 is 2.71 bits per heavy atom. The molecule has 0 radical (unpaired) electrons. The Balaban J connectivity index is 1.93. The quantitative estimate of drug-likeness (QED) is 0.462. The van der Waals surface area contributed by atoms with Crippen LogP contribution in [0.1, 0.15) is 5.56 Å². The van der Waals surface area contributed by atoms with Crippen molar-refractivity contribution >= 4 is 33.5 Å². The minimum absolute atomic E-state index is 0.328. The van der Waals surface area contributed by atoms with E-state index >= 15 is 0 Å². The molecule has 0 aliphatic heterocycles. The summed E-state index contributed by atoms with van der Waals surface area (Å²) in [6.45, 7) is 4.20. The highest BCUT2D eigenvalue weighted by Crippen LogP contribution is 2.28. The van der Waals surface area contributed by atoms with E-state index in [0.717, 1.165) is 15.8 Å². The van der Waals surface area contributed by atoms with Crippen LogP contribution in [0.5, 0.6) is 11.5 Å². The Hall–Kier alpha value is -3.19. The topological polar surface area (TPSA) is 52.8 Å². The van der Waals surface area contributed by atoms with Crippen molar-refractivity contribution in [3.63, 3.8) is 0 Å². The third-order valence-corrected chi connectivity index (χ3v) is 5.03. The molecular weight excluding hydrogens is 379 g/mol. The molecule has 7 heteroatoms. The Morgan fingerprint density at radius 1 is 1.21 bits per heavy atom. The molecule has 144 valence electrons. The number of halogens is 1. The van der Waals surface area contributed by atoms with Gasteiger partial charge in [-0.1, -0.05) is 23.5 Å². The maximum atomic E-state index is 13.5. The molecule has 5 nitrogen and oxygen atoms in total. The number of hydrogen-bond acceptors (Lipinski definition) is 4. The van der Waals surface area contributed by atoms with Gasteiger partial charge in [0, 0.05) is 12.6 Å². The van der Waals surface area contributed by atoms with Crippen molar-refractivity contribution in [2.24, 2.45) is 4.99 Å². The van der Waals surface area contributed by atoms with Gasteiger partial charge < -0.3 is 14.0 Å². The van der Waals surface area contributed by atoms with Crippen molar-refractivity contribution in [3.8, 4) is 11.5 Å². The molecule has 0 bridgehead atoms. The molecule has 28 heavy (non-hydrogen) atoms. The number of aromatic nitrogens is 1. The number of hydrogen-bond donors (Lipinski definition) is 0. The summed E-state index contributed by atoms with van der Waals surface area (Å²) in [6.07, 6.45) is 4.74.